The van der Waals surface area contributed by atoms with Crippen LogP contribution in [0.5, 0.6) is 0 Å². The van der Waals surface area contributed by atoms with E-state index in [0.29, 0.717) is 43.1 Å². The lowest BCUT2D eigenvalue weighted by atomic mass is 10.0. The summed E-state index contributed by atoms with van der Waals surface area (Å²) in [6.07, 6.45) is -3.91. The monoisotopic (exact) mass is 483 g/mol. The van der Waals surface area contributed by atoms with E-state index >= 15 is 0 Å². The Morgan fingerprint density at radius 1 is 1.15 bits per heavy atom. The summed E-state index contributed by atoms with van der Waals surface area (Å²) in [6.45, 7) is 3.07. The first-order chi connectivity index (χ1) is 15.6. The average Bonchev–Trinajstić information content (AvgIpc) is 3.13. The molecule has 1 aromatic heterocycles. The number of hydrogen-bond acceptors (Lipinski definition) is 6. The molecule has 3 heterocycles. The minimum Gasteiger partial charge on any atom is -0.390 e. The summed E-state index contributed by atoms with van der Waals surface area (Å²) in [5, 5.41) is 14.5. The molecule has 1 aromatic carbocycles. The zero-order valence-electron chi connectivity index (χ0n) is 18.0. The number of hydrogen-bond donors (Lipinski definition) is 2. The molecule has 2 aliphatic heterocycles. The molecule has 11 heteroatoms. The second-order valence-corrected chi connectivity index (χ2v) is 8.95. The Morgan fingerprint density at radius 2 is 1.82 bits per heavy atom. The van der Waals surface area contributed by atoms with Crippen molar-refractivity contribution >= 4 is 23.5 Å². The Morgan fingerprint density at radius 3 is 2.45 bits per heavy atom. The fourth-order valence-electron chi connectivity index (χ4n) is 4.28. The van der Waals surface area contributed by atoms with Crippen molar-refractivity contribution in [2.75, 3.05) is 31.1 Å². The smallest absolute Gasteiger partial charge is 0.390 e. The summed E-state index contributed by atoms with van der Waals surface area (Å²) >= 11 is 5.88. The minimum atomic E-state index is -4.56. The number of amides is 1. The molecule has 2 aliphatic rings. The molecule has 0 unspecified atom stereocenters. The SMILES string of the molecule is Cc1cc(C(F)(F)F)nc(N2C[C@@H](O)[C@H](NC3CCN(C(=O)c4ccc(Cl)cc4)CC3)C2)n1. The number of rotatable bonds is 4. The van der Waals surface area contributed by atoms with Crippen LogP contribution in [-0.2, 0) is 6.18 Å². The largest absolute Gasteiger partial charge is 0.433 e. The number of benzene rings is 1. The molecular weight excluding hydrogens is 459 g/mol. The van der Waals surface area contributed by atoms with Gasteiger partial charge in [0.2, 0.25) is 5.95 Å². The molecule has 2 saturated heterocycles. The first-order valence-corrected chi connectivity index (χ1v) is 11.1. The molecule has 33 heavy (non-hydrogen) atoms. The highest BCUT2D eigenvalue weighted by atomic mass is 35.5. The lowest BCUT2D eigenvalue weighted by Gasteiger charge is -2.34. The van der Waals surface area contributed by atoms with Crippen molar-refractivity contribution in [3.63, 3.8) is 0 Å². The van der Waals surface area contributed by atoms with Crippen LogP contribution < -0.4 is 10.2 Å². The number of anilines is 1. The van der Waals surface area contributed by atoms with E-state index in [0.717, 1.165) is 6.07 Å². The zero-order valence-corrected chi connectivity index (χ0v) is 18.8. The zero-order chi connectivity index (χ0) is 23.8. The molecule has 0 spiro atoms. The van der Waals surface area contributed by atoms with E-state index in [-0.39, 0.29) is 36.2 Å². The van der Waals surface area contributed by atoms with Gasteiger partial charge in [-0.1, -0.05) is 11.6 Å². The summed E-state index contributed by atoms with van der Waals surface area (Å²) in [4.78, 5) is 23.8. The number of β-amino-alcohol motifs (C(OH)–C–C–N with tert-alkyl or cyclic N) is 1. The van der Waals surface area contributed by atoms with Gasteiger partial charge in [-0.25, -0.2) is 9.97 Å². The number of halogens is 4. The highest BCUT2D eigenvalue weighted by molar-refractivity contribution is 6.30. The van der Waals surface area contributed by atoms with E-state index in [9.17, 15) is 23.1 Å². The molecule has 2 aromatic rings. The van der Waals surface area contributed by atoms with E-state index in [2.05, 4.69) is 15.3 Å². The summed E-state index contributed by atoms with van der Waals surface area (Å²) in [7, 11) is 0. The van der Waals surface area contributed by atoms with Crippen LogP contribution in [0.15, 0.2) is 30.3 Å². The number of aliphatic hydroxyl groups excluding tert-OH is 1. The summed E-state index contributed by atoms with van der Waals surface area (Å²) in [5.74, 6) is -0.0803. The Labute approximate surface area is 194 Å². The summed E-state index contributed by atoms with van der Waals surface area (Å²) in [6, 6.07) is 7.45. The van der Waals surface area contributed by atoms with Crippen LogP contribution >= 0.6 is 11.6 Å². The van der Waals surface area contributed by atoms with E-state index in [4.69, 9.17) is 11.6 Å². The van der Waals surface area contributed by atoms with Crippen LogP contribution in [0.4, 0.5) is 19.1 Å². The van der Waals surface area contributed by atoms with Crippen LogP contribution in [0.2, 0.25) is 5.02 Å². The van der Waals surface area contributed by atoms with Gasteiger partial charge in [0, 0.05) is 48.5 Å². The van der Waals surface area contributed by atoms with Gasteiger partial charge in [-0.3, -0.25) is 4.79 Å². The molecule has 2 atom stereocenters. The lowest BCUT2D eigenvalue weighted by Crippen LogP contribution is -2.50. The number of carbonyl (C=O) groups excluding carboxylic acids is 1. The number of aromatic nitrogens is 2. The van der Waals surface area contributed by atoms with Gasteiger partial charge >= 0.3 is 6.18 Å². The molecular formula is C22H25ClF3N5O2. The molecule has 2 N–H and O–H groups in total. The third kappa shape index (κ3) is 5.56. The van der Waals surface area contributed by atoms with Crippen LogP contribution in [0.25, 0.3) is 0 Å². The Bertz CT molecular complexity index is 997. The predicted molar refractivity (Wildman–Crippen MR) is 117 cm³/mol. The average molecular weight is 484 g/mol. The van der Waals surface area contributed by atoms with Gasteiger partial charge in [0.15, 0.2) is 0 Å². The number of carbonyl (C=O) groups is 1. The van der Waals surface area contributed by atoms with Crippen molar-refractivity contribution in [3.05, 3.63) is 52.3 Å². The predicted octanol–water partition coefficient (Wildman–Crippen LogP) is 2.90. The Hall–Kier alpha value is -2.43. The molecule has 7 nitrogen and oxygen atoms in total. The Balaban J connectivity index is 1.33. The molecule has 0 bridgehead atoms. The topological polar surface area (TPSA) is 81.6 Å². The van der Waals surface area contributed by atoms with E-state index in [1.165, 1.54) is 6.92 Å². The highest BCUT2D eigenvalue weighted by Gasteiger charge is 2.38. The van der Waals surface area contributed by atoms with Crippen molar-refractivity contribution in [3.8, 4) is 0 Å². The van der Waals surface area contributed by atoms with Crippen LogP contribution in [-0.4, -0.2) is 70.2 Å². The number of alkyl halides is 3. The van der Waals surface area contributed by atoms with E-state index < -0.39 is 18.0 Å². The Kier molecular flexibility index (Phi) is 6.78. The van der Waals surface area contributed by atoms with Gasteiger partial charge in [-0.2, -0.15) is 13.2 Å². The maximum absolute atomic E-state index is 13.1. The van der Waals surface area contributed by atoms with Crippen LogP contribution in [0, 0.1) is 6.92 Å². The molecule has 178 valence electrons. The second-order valence-electron chi connectivity index (χ2n) is 8.51. The highest BCUT2D eigenvalue weighted by Crippen LogP contribution is 2.30. The van der Waals surface area contributed by atoms with Gasteiger partial charge < -0.3 is 20.2 Å². The molecule has 0 radical (unpaired) electrons. The van der Waals surface area contributed by atoms with Crippen molar-refractivity contribution < 1.29 is 23.1 Å². The van der Waals surface area contributed by atoms with Gasteiger partial charge in [0.1, 0.15) is 5.69 Å². The normalized spacial score (nSPS) is 22.1. The fraction of sp³-hybridized carbons (Fsp3) is 0.500. The van der Waals surface area contributed by atoms with Crippen molar-refractivity contribution in [2.45, 2.75) is 44.1 Å². The molecule has 1 amide bonds. The van der Waals surface area contributed by atoms with Crippen molar-refractivity contribution in [2.24, 2.45) is 0 Å². The quantitative estimate of drug-likeness (QED) is 0.696. The number of aliphatic hydroxyl groups is 1. The molecule has 0 aliphatic carbocycles. The number of aryl methyl sites for hydroxylation is 1. The standard InChI is InChI=1S/C22H25ClF3N5O2/c1-13-10-19(22(24,25)26)29-21(27-13)31-11-17(18(32)12-31)28-16-6-8-30(9-7-16)20(33)14-2-4-15(23)5-3-14/h2-5,10,16-18,28,32H,6-9,11-12H2,1H3/t17-,18-/m1/s1. The third-order valence-corrected chi connectivity index (χ3v) is 6.28. The number of likely N-dealkylation sites (tertiary alicyclic amines) is 1. The van der Waals surface area contributed by atoms with Crippen molar-refractivity contribution in [1.82, 2.24) is 20.2 Å². The van der Waals surface area contributed by atoms with Gasteiger partial charge in [0.05, 0.1) is 12.1 Å². The minimum absolute atomic E-state index is 0.0333. The molecule has 0 saturated carbocycles. The third-order valence-electron chi connectivity index (χ3n) is 6.03. The summed E-state index contributed by atoms with van der Waals surface area (Å²) < 4.78 is 39.3. The first-order valence-electron chi connectivity index (χ1n) is 10.8. The number of nitrogens with one attached hydrogen (secondary N) is 1. The second kappa shape index (κ2) is 9.44. The number of piperidine rings is 1. The van der Waals surface area contributed by atoms with Gasteiger partial charge in [-0.05, 0) is 50.1 Å². The number of nitrogens with zero attached hydrogens (tertiary/aromatic N) is 4. The van der Waals surface area contributed by atoms with Gasteiger partial charge in [-0.15, -0.1) is 0 Å². The van der Waals surface area contributed by atoms with Crippen LogP contribution in [0.1, 0.15) is 34.6 Å². The lowest BCUT2D eigenvalue weighted by molar-refractivity contribution is -0.141. The summed E-state index contributed by atoms with van der Waals surface area (Å²) in [5.41, 5.74) is -0.186. The van der Waals surface area contributed by atoms with E-state index in [1.54, 1.807) is 34.1 Å². The van der Waals surface area contributed by atoms with Gasteiger partial charge in [0.25, 0.3) is 5.91 Å². The maximum Gasteiger partial charge on any atom is 0.433 e. The van der Waals surface area contributed by atoms with E-state index in [1.807, 2.05) is 0 Å². The molecule has 2 fully saturated rings. The van der Waals surface area contributed by atoms with Crippen molar-refractivity contribution in [1.29, 1.82) is 0 Å². The van der Waals surface area contributed by atoms with Crippen LogP contribution in [0.3, 0.4) is 0 Å². The fourth-order valence-corrected chi connectivity index (χ4v) is 4.41. The molecule has 4 rings (SSSR count). The first kappa shape index (κ1) is 23.7. The maximum atomic E-state index is 13.1.